The molecular formula is C10H12N2O. The molecule has 0 aliphatic rings. The zero-order valence-corrected chi connectivity index (χ0v) is 7.57. The van der Waals surface area contributed by atoms with Crippen LogP contribution in [0, 0.1) is 11.8 Å². The van der Waals surface area contributed by atoms with Crippen molar-refractivity contribution in [3.63, 3.8) is 0 Å². The summed E-state index contributed by atoms with van der Waals surface area (Å²) >= 11 is 0. The Labute approximate surface area is 77.9 Å². The minimum absolute atomic E-state index is 0.498. The summed E-state index contributed by atoms with van der Waals surface area (Å²) in [5, 5.41) is 9.60. The summed E-state index contributed by atoms with van der Waals surface area (Å²) < 4.78 is 0. The molecule has 0 radical (unpaired) electrons. The van der Waals surface area contributed by atoms with Crippen LogP contribution in [0.25, 0.3) is 0 Å². The zero-order valence-electron chi connectivity index (χ0n) is 7.57. The molecule has 0 saturated heterocycles. The first-order valence-corrected chi connectivity index (χ1v) is 4.17. The SMILES string of the molecule is CC#CCCC(O)c1cncnc1. The Kier molecular flexibility index (Phi) is 3.94. The lowest BCUT2D eigenvalue weighted by Gasteiger charge is -2.06. The lowest BCUT2D eigenvalue weighted by atomic mass is 10.1. The summed E-state index contributed by atoms with van der Waals surface area (Å²) in [5.74, 6) is 5.68. The highest BCUT2D eigenvalue weighted by Gasteiger charge is 2.05. The highest BCUT2D eigenvalue weighted by atomic mass is 16.3. The van der Waals surface area contributed by atoms with E-state index in [1.165, 1.54) is 6.33 Å². The van der Waals surface area contributed by atoms with Crippen molar-refractivity contribution in [1.82, 2.24) is 9.97 Å². The maximum atomic E-state index is 9.60. The molecule has 0 aromatic carbocycles. The third-order valence-electron chi connectivity index (χ3n) is 1.68. The Bertz CT molecular complexity index is 300. The smallest absolute Gasteiger partial charge is 0.115 e. The van der Waals surface area contributed by atoms with Gasteiger partial charge in [-0.05, 0) is 13.3 Å². The van der Waals surface area contributed by atoms with Crippen LogP contribution in [0.5, 0.6) is 0 Å². The second kappa shape index (κ2) is 5.28. The molecule has 68 valence electrons. The number of aliphatic hydroxyl groups is 1. The highest BCUT2D eigenvalue weighted by molar-refractivity contribution is 5.07. The fourth-order valence-corrected chi connectivity index (χ4v) is 0.983. The van der Waals surface area contributed by atoms with Crippen LogP contribution in [0.15, 0.2) is 18.7 Å². The Morgan fingerprint density at radius 2 is 2.15 bits per heavy atom. The monoisotopic (exact) mass is 176 g/mol. The minimum atomic E-state index is -0.498. The summed E-state index contributed by atoms with van der Waals surface area (Å²) in [4.78, 5) is 7.65. The molecule has 13 heavy (non-hydrogen) atoms. The molecule has 0 amide bonds. The van der Waals surface area contributed by atoms with Gasteiger partial charge in [-0.15, -0.1) is 11.8 Å². The van der Waals surface area contributed by atoms with Crippen molar-refractivity contribution in [2.45, 2.75) is 25.9 Å². The first-order chi connectivity index (χ1) is 6.34. The van der Waals surface area contributed by atoms with Crippen LogP contribution in [0.2, 0.25) is 0 Å². The van der Waals surface area contributed by atoms with Crippen LogP contribution >= 0.6 is 0 Å². The van der Waals surface area contributed by atoms with E-state index >= 15 is 0 Å². The minimum Gasteiger partial charge on any atom is -0.388 e. The van der Waals surface area contributed by atoms with Crippen molar-refractivity contribution in [3.05, 3.63) is 24.3 Å². The Hall–Kier alpha value is -1.40. The van der Waals surface area contributed by atoms with Crippen molar-refractivity contribution in [2.75, 3.05) is 0 Å². The van der Waals surface area contributed by atoms with Crippen LogP contribution in [0.4, 0.5) is 0 Å². The van der Waals surface area contributed by atoms with Gasteiger partial charge in [0, 0.05) is 24.4 Å². The van der Waals surface area contributed by atoms with E-state index < -0.39 is 6.10 Å². The van der Waals surface area contributed by atoms with Gasteiger partial charge >= 0.3 is 0 Å². The van der Waals surface area contributed by atoms with Crippen LogP contribution in [0.3, 0.4) is 0 Å². The van der Waals surface area contributed by atoms with Crippen molar-refractivity contribution in [2.24, 2.45) is 0 Å². The summed E-state index contributed by atoms with van der Waals surface area (Å²) in [7, 11) is 0. The van der Waals surface area contributed by atoms with E-state index in [2.05, 4.69) is 21.8 Å². The molecule has 1 heterocycles. The van der Waals surface area contributed by atoms with E-state index in [1.54, 1.807) is 19.3 Å². The number of hydrogen-bond acceptors (Lipinski definition) is 3. The van der Waals surface area contributed by atoms with Gasteiger partial charge in [0.2, 0.25) is 0 Å². The molecule has 0 aliphatic heterocycles. The fraction of sp³-hybridized carbons (Fsp3) is 0.400. The molecule has 0 saturated carbocycles. The molecule has 1 unspecified atom stereocenters. The van der Waals surface area contributed by atoms with Gasteiger partial charge in [0.05, 0.1) is 6.10 Å². The van der Waals surface area contributed by atoms with Gasteiger partial charge in [-0.2, -0.15) is 0 Å². The third-order valence-corrected chi connectivity index (χ3v) is 1.68. The quantitative estimate of drug-likeness (QED) is 0.706. The predicted octanol–water partition coefficient (Wildman–Crippen LogP) is 1.31. The average molecular weight is 176 g/mol. The second-order valence-electron chi connectivity index (χ2n) is 2.65. The van der Waals surface area contributed by atoms with Gasteiger partial charge in [0.1, 0.15) is 6.33 Å². The van der Waals surface area contributed by atoms with E-state index in [4.69, 9.17) is 0 Å². The summed E-state index contributed by atoms with van der Waals surface area (Å²) in [6.45, 7) is 1.79. The fourth-order valence-electron chi connectivity index (χ4n) is 0.983. The van der Waals surface area contributed by atoms with Gasteiger partial charge in [-0.3, -0.25) is 0 Å². The number of aromatic nitrogens is 2. The molecule has 3 nitrogen and oxygen atoms in total. The van der Waals surface area contributed by atoms with Crippen molar-refractivity contribution in [1.29, 1.82) is 0 Å². The van der Waals surface area contributed by atoms with E-state index in [0.29, 0.717) is 12.8 Å². The van der Waals surface area contributed by atoms with Crippen LogP contribution in [-0.2, 0) is 0 Å². The van der Waals surface area contributed by atoms with Gasteiger partial charge < -0.3 is 5.11 Å². The lowest BCUT2D eigenvalue weighted by molar-refractivity contribution is 0.168. The number of nitrogens with zero attached hydrogens (tertiary/aromatic N) is 2. The van der Waals surface area contributed by atoms with Crippen molar-refractivity contribution >= 4 is 0 Å². The number of rotatable bonds is 3. The lowest BCUT2D eigenvalue weighted by Crippen LogP contribution is -1.97. The molecule has 0 fully saturated rings. The molecular weight excluding hydrogens is 164 g/mol. The first kappa shape index (κ1) is 9.69. The van der Waals surface area contributed by atoms with Gasteiger partial charge in [-0.25, -0.2) is 9.97 Å². The topological polar surface area (TPSA) is 46.0 Å². The highest BCUT2D eigenvalue weighted by Crippen LogP contribution is 2.15. The second-order valence-corrected chi connectivity index (χ2v) is 2.65. The molecule has 1 rings (SSSR count). The van der Waals surface area contributed by atoms with Crippen molar-refractivity contribution in [3.8, 4) is 11.8 Å². The first-order valence-electron chi connectivity index (χ1n) is 4.17. The van der Waals surface area contributed by atoms with Crippen LogP contribution < -0.4 is 0 Å². The van der Waals surface area contributed by atoms with E-state index in [0.717, 1.165) is 5.56 Å². The van der Waals surface area contributed by atoms with Gasteiger partial charge in [-0.1, -0.05) is 0 Å². The van der Waals surface area contributed by atoms with Crippen LogP contribution in [0.1, 0.15) is 31.4 Å². The Morgan fingerprint density at radius 3 is 2.77 bits per heavy atom. The molecule has 1 atom stereocenters. The molecule has 1 aromatic heterocycles. The third kappa shape index (κ3) is 3.22. The molecule has 1 N–H and O–H groups in total. The van der Waals surface area contributed by atoms with Crippen LogP contribution in [-0.4, -0.2) is 15.1 Å². The molecule has 0 spiro atoms. The van der Waals surface area contributed by atoms with Gasteiger partial charge in [0.15, 0.2) is 0 Å². The standard InChI is InChI=1S/C10H12N2O/c1-2-3-4-5-10(13)9-6-11-8-12-7-9/h6-8,10,13H,4-5H2,1H3. The van der Waals surface area contributed by atoms with E-state index in [-0.39, 0.29) is 0 Å². The maximum absolute atomic E-state index is 9.60. The van der Waals surface area contributed by atoms with E-state index in [9.17, 15) is 5.11 Å². The molecule has 1 aromatic rings. The summed E-state index contributed by atoms with van der Waals surface area (Å²) in [6.07, 6.45) is 5.53. The number of hydrogen-bond donors (Lipinski definition) is 1. The van der Waals surface area contributed by atoms with E-state index in [1.807, 2.05) is 0 Å². The Morgan fingerprint density at radius 1 is 1.46 bits per heavy atom. The predicted molar refractivity (Wildman–Crippen MR) is 49.7 cm³/mol. The van der Waals surface area contributed by atoms with Gasteiger partial charge in [0.25, 0.3) is 0 Å². The summed E-state index contributed by atoms with van der Waals surface area (Å²) in [5.41, 5.74) is 0.750. The average Bonchev–Trinajstić information content (AvgIpc) is 2.19. The normalized spacial score (nSPS) is 11.5. The Balaban J connectivity index is 2.47. The summed E-state index contributed by atoms with van der Waals surface area (Å²) in [6, 6.07) is 0. The molecule has 3 heteroatoms. The molecule has 0 bridgehead atoms. The zero-order chi connectivity index (χ0) is 9.52. The number of aliphatic hydroxyl groups excluding tert-OH is 1. The van der Waals surface area contributed by atoms with Crippen molar-refractivity contribution < 1.29 is 5.11 Å². The molecule has 0 aliphatic carbocycles. The largest absolute Gasteiger partial charge is 0.388 e. The maximum Gasteiger partial charge on any atom is 0.115 e.